The van der Waals surface area contributed by atoms with E-state index < -0.39 is 0 Å². The van der Waals surface area contributed by atoms with E-state index in [1.165, 1.54) is 38.5 Å². The molecule has 142 valence electrons. The van der Waals surface area contributed by atoms with Crippen LogP contribution < -0.4 is 0 Å². The van der Waals surface area contributed by atoms with Gasteiger partial charge in [-0.25, -0.2) is 0 Å². The van der Waals surface area contributed by atoms with Crippen LogP contribution in [0.25, 0.3) is 0 Å². The smallest absolute Gasteiger partial charge is 0.244 e. The Hall–Kier alpha value is -0.610. The average Bonchev–Trinajstić information content (AvgIpc) is 2.98. The highest BCUT2D eigenvalue weighted by Gasteiger charge is 2.67. The van der Waals surface area contributed by atoms with Crippen LogP contribution in [0.3, 0.4) is 0 Å². The van der Waals surface area contributed by atoms with Crippen molar-refractivity contribution in [2.75, 3.05) is 7.05 Å². The van der Waals surface area contributed by atoms with Crippen LogP contribution in [0, 0.1) is 23.7 Å². The van der Waals surface area contributed by atoms with Crippen LogP contribution in [0.1, 0.15) is 78.6 Å². The summed E-state index contributed by atoms with van der Waals surface area (Å²) in [5.41, 5.74) is -0.214. The quantitative estimate of drug-likeness (QED) is 0.712. The predicted octanol–water partition coefficient (Wildman–Crippen LogP) is 4.20. The molecule has 6 atom stereocenters. The predicted molar refractivity (Wildman–Crippen MR) is 98.5 cm³/mol. The van der Waals surface area contributed by atoms with Crippen LogP contribution in [0.2, 0.25) is 0 Å². The van der Waals surface area contributed by atoms with Crippen molar-refractivity contribution in [1.29, 1.82) is 0 Å². The summed E-state index contributed by atoms with van der Waals surface area (Å²) in [6.07, 6.45) is 11.2. The van der Waals surface area contributed by atoms with Crippen molar-refractivity contribution in [2.45, 2.75) is 96.4 Å². The maximum Gasteiger partial charge on any atom is 0.244 e. The molecule has 1 amide bonds. The van der Waals surface area contributed by atoms with Gasteiger partial charge in [0.05, 0.1) is 6.10 Å². The third-order valence-electron chi connectivity index (χ3n) is 7.72. The van der Waals surface area contributed by atoms with E-state index >= 15 is 0 Å². The molecule has 2 heterocycles. The average molecular weight is 349 g/mol. The summed E-state index contributed by atoms with van der Waals surface area (Å²) in [6.45, 7) is 7.00. The Labute approximate surface area is 153 Å². The second-order valence-corrected chi connectivity index (χ2v) is 9.58. The van der Waals surface area contributed by atoms with Gasteiger partial charge in [-0.2, -0.15) is 5.06 Å². The summed E-state index contributed by atoms with van der Waals surface area (Å²) < 4.78 is 0. The van der Waals surface area contributed by atoms with Crippen molar-refractivity contribution in [3.8, 4) is 0 Å². The van der Waals surface area contributed by atoms with E-state index in [2.05, 4.69) is 37.8 Å². The van der Waals surface area contributed by atoms with Gasteiger partial charge in [0.1, 0.15) is 11.7 Å². The van der Waals surface area contributed by atoms with Crippen LogP contribution >= 0.6 is 0 Å². The Kier molecular flexibility index (Phi) is 4.64. The van der Waals surface area contributed by atoms with Crippen LogP contribution in [-0.4, -0.2) is 40.7 Å². The molecule has 0 aromatic rings. The van der Waals surface area contributed by atoms with Crippen molar-refractivity contribution < 1.29 is 9.63 Å². The molecule has 2 aliphatic carbocycles. The lowest BCUT2D eigenvalue weighted by Crippen LogP contribution is -2.61. The highest BCUT2D eigenvalue weighted by molar-refractivity contribution is 5.85. The molecule has 4 fully saturated rings. The summed E-state index contributed by atoms with van der Waals surface area (Å²) in [5.74, 6) is 2.46. The zero-order chi connectivity index (χ0) is 17.8. The fraction of sp³-hybridized carbons (Fsp3) is 0.952. The molecule has 0 bridgehead atoms. The summed E-state index contributed by atoms with van der Waals surface area (Å²) >= 11 is 0. The molecule has 4 aliphatic rings. The lowest BCUT2D eigenvalue weighted by atomic mass is 9.69. The Morgan fingerprint density at radius 2 is 1.80 bits per heavy atom. The number of fused-ring (bicyclic) bond motifs is 4. The van der Waals surface area contributed by atoms with Gasteiger partial charge >= 0.3 is 0 Å². The van der Waals surface area contributed by atoms with E-state index in [1.54, 1.807) is 0 Å². The van der Waals surface area contributed by atoms with Crippen molar-refractivity contribution in [1.82, 2.24) is 9.96 Å². The first-order chi connectivity index (χ1) is 12.0. The van der Waals surface area contributed by atoms with Crippen molar-refractivity contribution in [2.24, 2.45) is 23.7 Å². The monoisotopic (exact) mass is 348 g/mol. The van der Waals surface area contributed by atoms with E-state index in [-0.39, 0.29) is 17.8 Å². The van der Waals surface area contributed by atoms with Gasteiger partial charge < -0.3 is 4.90 Å². The van der Waals surface area contributed by atoms with Crippen LogP contribution in [0.15, 0.2) is 0 Å². The number of carbonyl (C=O) groups is 1. The minimum absolute atomic E-state index is 0.0281. The molecule has 1 spiro atoms. The van der Waals surface area contributed by atoms with Gasteiger partial charge in [0, 0.05) is 18.9 Å². The SMILES string of the molecule is CC(C)[C@@H]1CC[C@@H](C)C[C@@]12N(C)C(=O)[C@@H]1[C@H]3CCCCCC[C@H]3ON12. The first-order valence-corrected chi connectivity index (χ1v) is 10.7. The van der Waals surface area contributed by atoms with Crippen molar-refractivity contribution >= 4 is 5.91 Å². The molecule has 0 aromatic carbocycles. The molecular formula is C21H36N2O2. The molecule has 0 unspecified atom stereocenters. The van der Waals surface area contributed by atoms with E-state index in [9.17, 15) is 4.79 Å². The normalized spacial score (nSPS) is 45.6. The molecule has 2 saturated carbocycles. The molecule has 4 rings (SSSR count). The topological polar surface area (TPSA) is 32.8 Å². The molecule has 25 heavy (non-hydrogen) atoms. The minimum atomic E-state index is -0.214. The highest BCUT2D eigenvalue weighted by Crippen LogP contribution is 2.55. The van der Waals surface area contributed by atoms with Gasteiger partial charge in [-0.05, 0) is 37.5 Å². The number of hydrogen-bond donors (Lipinski definition) is 0. The fourth-order valence-corrected chi connectivity index (χ4v) is 6.48. The van der Waals surface area contributed by atoms with Gasteiger partial charge in [-0.1, -0.05) is 52.9 Å². The maximum absolute atomic E-state index is 13.4. The summed E-state index contributed by atoms with van der Waals surface area (Å²) in [6, 6.07) is -0.0281. The van der Waals surface area contributed by atoms with Crippen molar-refractivity contribution in [3.63, 3.8) is 0 Å². The van der Waals surface area contributed by atoms with E-state index in [0.717, 1.165) is 19.3 Å². The molecule has 2 aliphatic heterocycles. The van der Waals surface area contributed by atoms with Gasteiger partial charge in [-0.15, -0.1) is 0 Å². The van der Waals surface area contributed by atoms with Gasteiger partial charge in [-0.3, -0.25) is 9.63 Å². The Bertz CT molecular complexity index is 522. The molecular weight excluding hydrogens is 312 g/mol. The Balaban J connectivity index is 1.72. The number of hydrogen-bond acceptors (Lipinski definition) is 3. The standard InChI is InChI=1S/C21H36N2O2/c1-14(2)17-12-11-15(3)13-21(17)22(4)20(24)19-16-9-7-5-6-8-10-18(16)25-23(19)21/h14-19H,5-13H2,1-4H3/t15-,16+,17+,18-,19+,21+/m1/s1. The Morgan fingerprint density at radius 3 is 2.52 bits per heavy atom. The molecule has 4 heteroatoms. The number of amides is 1. The summed E-state index contributed by atoms with van der Waals surface area (Å²) in [5, 5.41) is 2.25. The first-order valence-electron chi connectivity index (χ1n) is 10.7. The number of carbonyl (C=O) groups excluding carboxylic acids is 1. The van der Waals surface area contributed by atoms with Crippen LogP contribution in [-0.2, 0) is 9.63 Å². The molecule has 0 radical (unpaired) electrons. The molecule has 4 nitrogen and oxygen atoms in total. The van der Waals surface area contributed by atoms with Gasteiger partial charge in [0.15, 0.2) is 0 Å². The maximum atomic E-state index is 13.4. The third-order valence-corrected chi connectivity index (χ3v) is 7.72. The summed E-state index contributed by atoms with van der Waals surface area (Å²) in [4.78, 5) is 22.2. The second-order valence-electron chi connectivity index (χ2n) is 9.58. The molecule has 2 saturated heterocycles. The van der Waals surface area contributed by atoms with Crippen molar-refractivity contribution in [3.05, 3.63) is 0 Å². The third kappa shape index (κ3) is 2.58. The molecule has 0 aromatic heterocycles. The van der Waals surface area contributed by atoms with Gasteiger partial charge in [0.25, 0.3) is 0 Å². The number of hydroxylamine groups is 2. The zero-order valence-electron chi connectivity index (χ0n) is 16.5. The minimum Gasteiger partial charge on any atom is -0.323 e. The summed E-state index contributed by atoms with van der Waals surface area (Å²) in [7, 11) is 2.05. The van der Waals surface area contributed by atoms with E-state index in [1.807, 2.05) is 0 Å². The molecule has 0 N–H and O–H groups in total. The van der Waals surface area contributed by atoms with Crippen LogP contribution in [0.5, 0.6) is 0 Å². The lowest BCUT2D eigenvalue weighted by Gasteiger charge is -2.52. The zero-order valence-corrected chi connectivity index (χ0v) is 16.5. The fourth-order valence-electron chi connectivity index (χ4n) is 6.48. The van der Waals surface area contributed by atoms with E-state index in [0.29, 0.717) is 29.6 Å². The number of rotatable bonds is 1. The lowest BCUT2D eigenvalue weighted by molar-refractivity contribution is -0.265. The largest absolute Gasteiger partial charge is 0.323 e. The van der Waals surface area contributed by atoms with E-state index in [4.69, 9.17) is 4.84 Å². The number of likely N-dealkylation sites (N-methyl/N-ethyl adjacent to an activating group) is 1. The van der Waals surface area contributed by atoms with Crippen LogP contribution in [0.4, 0.5) is 0 Å². The van der Waals surface area contributed by atoms with Gasteiger partial charge in [0.2, 0.25) is 5.91 Å². The first kappa shape index (κ1) is 17.8. The highest BCUT2D eigenvalue weighted by atomic mass is 16.7. The Morgan fingerprint density at radius 1 is 1.08 bits per heavy atom. The second kappa shape index (κ2) is 6.53. The number of nitrogens with zero attached hydrogens (tertiary/aromatic N) is 2.